The third kappa shape index (κ3) is 2.62. The van der Waals surface area contributed by atoms with Crippen molar-refractivity contribution in [1.82, 2.24) is 4.98 Å². The molecule has 0 spiro atoms. The van der Waals surface area contributed by atoms with Crippen LogP contribution >= 0.6 is 46.4 Å². The molecule has 2 aromatic rings. The van der Waals surface area contributed by atoms with Crippen LogP contribution in [0.4, 0.5) is 0 Å². The van der Waals surface area contributed by atoms with E-state index < -0.39 is 0 Å². The van der Waals surface area contributed by atoms with E-state index >= 15 is 0 Å². The number of aromatic nitrogens is 1. The predicted molar refractivity (Wildman–Crippen MR) is 75.1 cm³/mol. The maximum Gasteiger partial charge on any atom is 0.169 e. The summed E-state index contributed by atoms with van der Waals surface area (Å²) in [4.78, 5) is 14.6. The maximum atomic E-state index is 10.6. The lowest BCUT2D eigenvalue weighted by atomic mass is 10.1. The van der Waals surface area contributed by atoms with E-state index in [4.69, 9.17) is 46.4 Å². The van der Waals surface area contributed by atoms with E-state index in [9.17, 15) is 4.79 Å². The number of hydrogen-bond donors (Lipinski definition) is 0. The van der Waals surface area contributed by atoms with Crippen LogP contribution in [-0.2, 0) is 0 Å². The lowest BCUT2D eigenvalue weighted by Gasteiger charge is -2.07. The SMILES string of the molecule is O=Cc1ncc(-c2cc(Cl)c(Cl)cc2Cl)cc1Cl. The Morgan fingerprint density at radius 3 is 2.17 bits per heavy atom. The van der Waals surface area contributed by atoms with Crippen LogP contribution < -0.4 is 0 Å². The summed E-state index contributed by atoms with van der Waals surface area (Å²) in [5.41, 5.74) is 1.49. The van der Waals surface area contributed by atoms with E-state index in [0.717, 1.165) is 0 Å². The van der Waals surface area contributed by atoms with Gasteiger partial charge in [-0.05, 0) is 18.2 Å². The van der Waals surface area contributed by atoms with Gasteiger partial charge in [-0.3, -0.25) is 9.78 Å². The lowest BCUT2D eigenvalue weighted by Crippen LogP contribution is -1.90. The third-order valence-electron chi connectivity index (χ3n) is 2.30. The van der Waals surface area contributed by atoms with Crippen molar-refractivity contribution in [3.8, 4) is 11.1 Å². The number of aldehydes is 1. The largest absolute Gasteiger partial charge is 0.296 e. The highest BCUT2D eigenvalue weighted by atomic mass is 35.5. The van der Waals surface area contributed by atoms with E-state index in [-0.39, 0.29) is 10.7 Å². The summed E-state index contributed by atoms with van der Waals surface area (Å²) in [7, 11) is 0. The van der Waals surface area contributed by atoms with E-state index in [1.807, 2.05) is 0 Å². The number of carbonyl (C=O) groups is 1. The number of hydrogen-bond acceptors (Lipinski definition) is 2. The topological polar surface area (TPSA) is 30.0 Å². The Morgan fingerprint density at radius 1 is 0.889 bits per heavy atom. The van der Waals surface area contributed by atoms with Crippen LogP contribution in [0.3, 0.4) is 0 Å². The Hall–Kier alpha value is -0.800. The number of rotatable bonds is 2. The molecule has 0 aliphatic heterocycles. The van der Waals surface area contributed by atoms with Crippen molar-refractivity contribution in [2.75, 3.05) is 0 Å². The highest BCUT2D eigenvalue weighted by Gasteiger charge is 2.10. The second-order valence-electron chi connectivity index (χ2n) is 3.46. The van der Waals surface area contributed by atoms with E-state index in [1.165, 1.54) is 6.20 Å². The van der Waals surface area contributed by atoms with Crippen molar-refractivity contribution in [2.24, 2.45) is 0 Å². The number of carbonyl (C=O) groups excluding carboxylic acids is 1. The van der Waals surface area contributed by atoms with Gasteiger partial charge in [-0.25, -0.2) is 0 Å². The summed E-state index contributed by atoms with van der Waals surface area (Å²) in [5.74, 6) is 0. The van der Waals surface area contributed by atoms with Gasteiger partial charge in [0.1, 0.15) is 5.69 Å². The first kappa shape index (κ1) is 13.6. The molecule has 0 aliphatic carbocycles. The number of benzene rings is 1. The molecule has 1 heterocycles. The molecule has 0 saturated carbocycles. The molecule has 18 heavy (non-hydrogen) atoms. The van der Waals surface area contributed by atoms with Crippen molar-refractivity contribution in [2.45, 2.75) is 0 Å². The molecule has 0 radical (unpaired) electrons. The zero-order valence-electron chi connectivity index (χ0n) is 8.75. The van der Waals surface area contributed by atoms with Gasteiger partial charge in [0, 0.05) is 17.3 Å². The fourth-order valence-corrected chi connectivity index (χ4v) is 2.29. The molecule has 2 nitrogen and oxygen atoms in total. The van der Waals surface area contributed by atoms with Crippen molar-refractivity contribution in [1.29, 1.82) is 0 Å². The summed E-state index contributed by atoms with van der Waals surface area (Å²) < 4.78 is 0. The van der Waals surface area contributed by atoms with Crippen LogP contribution in [-0.4, -0.2) is 11.3 Å². The van der Waals surface area contributed by atoms with Crippen molar-refractivity contribution in [3.05, 3.63) is 50.2 Å². The van der Waals surface area contributed by atoms with Gasteiger partial charge in [-0.1, -0.05) is 46.4 Å². The van der Waals surface area contributed by atoms with Crippen LogP contribution in [0.25, 0.3) is 11.1 Å². The molecule has 0 atom stereocenters. The second-order valence-corrected chi connectivity index (χ2v) is 5.08. The van der Waals surface area contributed by atoms with Crippen LogP contribution in [0.1, 0.15) is 10.5 Å². The molecule has 0 unspecified atom stereocenters. The first-order valence-electron chi connectivity index (χ1n) is 4.78. The minimum atomic E-state index is 0.177. The van der Waals surface area contributed by atoms with Gasteiger partial charge in [0.2, 0.25) is 0 Å². The Morgan fingerprint density at radius 2 is 1.56 bits per heavy atom. The highest BCUT2D eigenvalue weighted by Crippen LogP contribution is 2.35. The predicted octanol–water partition coefficient (Wildman–Crippen LogP) is 5.17. The molecule has 0 saturated heterocycles. The minimum absolute atomic E-state index is 0.177. The molecule has 0 aliphatic rings. The molecule has 1 aromatic heterocycles. The molecule has 6 heteroatoms. The van der Waals surface area contributed by atoms with Crippen LogP contribution in [0, 0.1) is 0 Å². The Kier molecular flexibility index (Phi) is 4.13. The zero-order valence-corrected chi connectivity index (χ0v) is 11.8. The van der Waals surface area contributed by atoms with Gasteiger partial charge < -0.3 is 0 Å². The standard InChI is InChI=1S/C12H5Cl4NO/c13-8-3-10(15)9(14)2-7(8)6-1-11(16)12(5-18)17-4-6/h1-5H. The number of halogens is 4. The van der Waals surface area contributed by atoms with Gasteiger partial charge >= 0.3 is 0 Å². The van der Waals surface area contributed by atoms with Crippen LogP contribution in [0.15, 0.2) is 24.4 Å². The van der Waals surface area contributed by atoms with Gasteiger partial charge in [0.25, 0.3) is 0 Å². The quantitative estimate of drug-likeness (QED) is 0.564. The lowest BCUT2D eigenvalue weighted by molar-refractivity contribution is 0.111. The third-order valence-corrected chi connectivity index (χ3v) is 3.64. The molecule has 1 aromatic carbocycles. The summed E-state index contributed by atoms with van der Waals surface area (Å²) in [5, 5.41) is 1.44. The summed E-state index contributed by atoms with van der Waals surface area (Å²) in [6.07, 6.45) is 2.09. The van der Waals surface area contributed by atoms with Crippen molar-refractivity contribution < 1.29 is 4.79 Å². The van der Waals surface area contributed by atoms with Gasteiger partial charge in [0.05, 0.1) is 20.1 Å². The first-order valence-corrected chi connectivity index (χ1v) is 6.29. The summed E-state index contributed by atoms with van der Waals surface area (Å²) >= 11 is 23.8. The molecular weight excluding hydrogens is 316 g/mol. The minimum Gasteiger partial charge on any atom is -0.296 e. The maximum absolute atomic E-state index is 10.6. The fourth-order valence-electron chi connectivity index (χ4n) is 1.43. The van der Waals surface area contributed by atoms with Crippen LogP contribution in [0.2, 0.25) is 20.1 Å². The molecule has 0 N–H and O–H groups in total. The number of pyridine rings is 1. The van der Waals surface area contributed by atoms with E-state index in [2.05, 4.69) is 4.98 Å². The van der Waals surface area contributed by atoms with E-state index in [0.29, 0.717) is 32.5 Å². The molecule has 0 fully saturated rings. The zero-order chi connectivity index (χ0) is 13.3. The normalized spacial score (nSPS) is 10.4. The Bertz CT molecular complexity index is 628. The molecule has 92 valence electrons. The van der Waals surface area contributed by atoms with Crippen molar-refractivity contribution in [3.63, 3.8) is 0 Å². The molecule has 2 rings (SSSR count). The van der Waals surface area contributed by atoms with Gasteiger partial charge in [0.15, 0.2) is 6.29 Å². The van der Waals surface area contributed by atoms with Gasteiger partial charge in [-0.2, -0.15) is 0 Å². The first-order chi connectivity index (χ1) is 8.52. The monoisotopic (exact) mass is 319 g/mol. The molecular formula is C12H5Cl4NO. The second kappa shape index (κ2) is 5.45. The molecule has 0 amide bonds. The smallest absolute Gasteiger partial charge is 0.169 e. The summed E-state index contributed by atoms with van der Waals surface area (Å²) in [6, 6.07) is 4.77. The fraction of sp³-hybridized carbons (Fsp3) is 0. The van der Waals surface area contributed by atoms with Crippen LogP contribution in [0.5, 0.6) is 0 Å². The van der Waals surface area contributed by atoms with Gasteiger partial charge in [-0.15, -0.1) is 0 Å². The van der Waals surface area contributed by atoms with E-state index in [1.54, 1.807) is 18.2 Å². The summed E-state index contributed by atoms with van der Waals surface area (Å²) in [6.45, 7) is 0. The average Bonchev–Trinajstić information content (AvgIpc) is 2.33. The number of nitrogens with zero attached hydrogens (tertiary/aromatic N) is 1. The highest BCUT2D eigenvalue weighted by molar-refractivity contribution is 6.44. The van der Waals surface area contributed by atoms with Crippen molar-refractivity contribution >= 4 is 52.7 Å². The average molecular weight is 321 g/mol. The Balaban J connectivity index is 2.58. The Labute approximate surface area is 123 Å². The molecule has 0 bridgehead atoms.